The number of rotatable bonds is 10. The molecule has 16 heteroatoms. The molecule has 0 amide bonds. The van der Waals surface area contributed by atoms with Gasteiger partial charge in [-0.25, -0.2) is 0 Å². The summed E-state index contributed by atoms with van der Waals surface area (Å²) in [6.07, 6.45) is -9.42. The summed E-state index contributed by atoms with van der Waals surface area (Å²) >= 11 is 0. The van der Waals surface area contributed by atoms with Crippen LogP contribution in [0.4, 0.5) is 48.3 Å². The van der Waals surface area contributed by atoms with Gasteiger partial charge in [0.25, 0.3) is 0 Å². The van der Waals surface area contributed by atoms with Gasteiger partial charge in [-0.3, -0.25) is 4.55 Å². The summed E-state index contributed by atoms with van der Waals surface area (Å²) in [5.41, 5.74) is 4.91. The van der Waals surface area contributed by atoms with Crippen LogP contribution in [0, 0.1) is 0 Å². The molecule has 0 aliphatic carbocycles. The third-order valence-corrected chi connectivity index (χ3v) is 4.07. The van der Waals surface area contributed by atoms with E-state index < -0.39 is 71.4 Å². The fourth-order valence-electron chi connectivity index (χ4n) is 1.58. The highest BCUT2D eigenvalue weighted by atomic mass is 32.2. The largest absolute Gasteiger partial charge is 0.438 e. The zero-order valence-electron chi connectivity index (χ0n) is 14.4. The maximum absolute atomic E-state index is 13.2. The third kappa shape index (κ3) is 7.88. The van der Waals surface area contributed by atoms with E-state index in [1.165, 1.54) is 0 Å². The Hall–Kier alpha value is -1.16. The molecule has 0 aromatic rings. The molecular formula is C13H18F11NO3S. The van der Waals surface area contributed by atoms with E-state index in [1.54, 1.807) is 6.08 Å². The van der Waals surface area contributed by atoms with Gasteiger partial charge in [0, 0.05) is 19.4 Å². The highest BCUT2D eigenvalue weighted by molar-refractivity contribution is 7.87. The molecule has 0 atom stereocenters. The molecule has 0 fully saturated rings. The Labute approximate surface area is 158 Å². The number of alkyl halides is 11. The third-order valence-electron chi connectivity index (χ3n) is 3.16. The van der Waals surface area contributed by atoms with E-state index in [2.05, 4.69) is 6.58 Å². The maximum atomic E-state index is 13.2. The molecule has 3 N–H and O–H groups in total. The van der Waals surface area contributed by atoms with Crippen molar-refractivity contribution in [2.45, 2.75) is 61.3 Å². The number of unbranched alkanes of at least 4 members (excludes halogenated alkanes) is 2. The molecule has 0 heterocycles. The minimum atomic E-state index is -7.19. The second-order valence-corrected chi connectivity index (χ2v) is 7.01. The summed E-state index contributed by atoms with van der Waals surface area (Å²) < 4.78 is 168. The van der Waals surface area contributed by atoms with Gasteiger partial charge in [0.1, 0.15) is 0 Å². The minimum Gasteiger partial charge on any atom is -0.327 e. The molecule has 0 aliphatic heterocycles. The first-order chi connectivity index (χ1) is 12.6. The van der Waals surface area contributed by atoms with Crippen LogP contribution in [0.5, 0.6) is 0 Å². The number of hydrogen-bond donors (Lipinski definition) is 2. The Bertz CT molecular complexity index is 618. The van der Waals surface area contributed by atoms with Gasteiger partial charge < -0.3 is 5.73 Å². The van der Waals surface area contributed by atoms with Crippen molar-refractivity contribution in [1.29, 1.82) is 0 Å². The molecule has 0 unspecified atom stereocenters. The van der Waals surface area contributed by atoms with Crippen LogP contribution < -0.4 is 5.73 Å². The van der Waals surface area contributed by atoms with Crippen LogP contribution in [-0.2, 0) is 10.1 Å². The smallest absolute Gasteiger partial charge is 0.327 e. The number of nitrogens with two attached hydrogens (primary N) is 1. The summed E-state index contributed by atoms with van der Waals surface area (Å²) in [6, 6.07) is 0. The van der Waals surface area contributed by atoms with E-state index in [0.717, 1.165) is 0 Å². The lowest BCUT2D eigenvalue weighted by atomic mass is 9.98. The van der Waals surface area contributed by atoms with Gasteiger partial charge in [-0.15, -0.1) is 6.58 Å². The lowest BCUT2D eigenvalue weighted by Gasteiger charge is -2.35. The van der Waals surface area contributed by atoms with Gasteiger partial charge in [-0.05, 0) is 12.8 Å². The molecule has 29 heavy (non-hydrogen) atoms. The lowest BCUT2D eigenvalue weighted by Crippen LogP contribution is -2.64. The van der Waals surface area contributed by atoms with E-state index in [-0.39, 0.29) is 0 Å². The molecular weight excluding hydrogens is 459 g/mol. The number of hydrogen-bond acceptors (Lipinski definition) is 3. The highest BCUT2D eigenvalue weighted by Crippen LogP contribution is 2.55. The van der Waals surface area contributed by atoms with Gasteiger partial charge in [-0.2, -0.15) is 56.7 Å². The monoisotopic (exact) mass is 477 g/mol. The number of halogens is 11. The Morgan fingerprint density at radius 3 is 1.48 bits per heavy atom. The summed E-state index contributed by atoms with van der Waals surface area (Å²) in [6.45, 7) is 3.94. The van der Waals surface area contributed by atoms with E-state index in [0.29, 0.717) is 6.54 Å². The van der Waals surface area contributed by atoms with E-state index in [9.17, 15) is 56.7 Å². The molecule has 0 bridgehead atoms. The fourth-order valence-corrected chi connectivity index (χ4v) is 2.03. The first-order valence-corrected chi connectivity index (χ1v) is 8.92. The normalized spacial score (nSPS) is 14.2. The molecule has 0 radical (unpaired) electrons. The second kappa shape index (κ2) is 10.2. The van der Waals surface area contributed by atoms with Crippen LogP contribution in [0.2, 0.25) is 0 Å². The highest BCUT2D eigenvalue weighted by Gasteiger charge is 2.84. The second-order valence-electron chi connectivity index (χ2n) is 5.55. The van der Waals surface area contributed by atoms with Crippen LogP contribution in [-0.4, -0.2) is 48.7 Å². The van der Waals surface area contributed by atoms with Gasteiger partial charge in [-0.1, -0.05) is 12.5 Å². The lowest BCUT2D eigenvalue weighted by molar-refractivity contribution is -0.349. The summed E-state index contributed by atoms with van der Waals surface area (Å²) in [5, 5.41) is -6.93. The topological polar surface area (TPSA) is 80.4 Å². The van der Waals surface area contributed by atoms with E-state index in [1.807, 2.05) is 0 Å². The quantitative estimate of drug-likeness (QED) is 0.201. The van der Waals surface area contributed by atoms with Crippen LogP contribution in [0.25, 0.3) is 0 Å². The molecule has 4 nitrogen and oxygen atoms in total. The van der Waals surface area contributed by atoms with Crippen molar-refractivity contribution in [2.24, 2.45) is 5.73 Å². The molecule has 0 aliphatic rings. The Kier molecular flexibility index (Phi) is 10.6. The molecule has 0 saturated heterocycles. The Morgan fingerprint density at radius 2 is 1.17 bits per heavy atom. The van der Waals surface area contributed by atoms with Gasteiger partial charge in [0.15, 0.2) is 0 Å². The zero-order chi connectivity index (χ0) is 23.9. The Balaban J connectivity index is 0. The molecule has 0 aromatic carbocycles. The SMILES string of the molecule is C=CCN.O=S(=O)(O)C(F)(F)C(F)(F)C(F)(F)C(F)(F)CCCCCC(F)(F)F. The van der Waals surface area contributed by atoms with Crippen LogP contribution in [0.1, 0.15) is 32.1 Å². The van der Waals surface area contributed by atoms with Crippen LogP contribution in [0.15, 0.2) is 12.7 Å². The van der Waals surface area contributed by atoms with Crippen molar-refractivity contribution in [3.05, 3.63) is 12.7 Å². The molecule has 0 rings (SSSR count). The summed E-state index contributed by atoms with van der Waals surface area (Å²) in [4.78, 5) is 0. The molecule has 0 saturated carbocycles. The fraction of sp³-hybridized carbons (Fsp3) is 0.846. The zero-order valence-corrected chi connectivity index (χ0v) is 15.3. The minimum absolute atomic E-state index is 0.583. The molecule has 176 valence electrons. The first kappa shape index (κ1) is 30.0. The molecule has 0 aromatic heterocycles. The van der Waals surface area contributed by atoms with Crippen molar-refractivity contribution in [2.75, 3.05) is 6.54 Å². The predicted molar refractivity (Wildman–Crippen MR) is 79.7 cm³/mol. The predicted octanol–water partition coefficient (Wildman–Crippen LogP) is 5.02. The van der Waals surface area contributed by atoms with Crippen molar-refractivity contribution in [1.82, 2.24) is 0 Å². The van der Waals surface area contributed by atoms with Crippen molar-refractivity contribution in [3.63, 3.8) is 0 Å². The first-order valence-electron chi connectivity index (χ1n) is 7.48. The maximum Gasteiger partial charge on any atom is 0.438 e. The standard InChI is InChI=1S/C10H11F11O3S.C3H7N/c11-6(12,4-2-1-3-5-7(13,14)15)8(16,17)9(18,19)10(20,21)25(22,23)24;1-2-3-4/h1-5H2,(H,22,23,24);2H,1,3-4H2. The average Bonchev–Trinajstić information content (AvgIpc) is 2.51. The van der Waals surface area contributed by atoms with E-state index >= 15 is 0 Å². The van der Waals surface area contributed by atoms with Gasteiger partial charge in [0.2, 0.25) is 0 Å². The van der Waals surface area contributed by atoms with Gasteiger partial charge >= 0.3 is 39.3 Å². The van der Waals surface area contributed by atoms with Crippen molar-refractivity contribution in [3.8, 4) is 0 Å². The van der Waals surface area contributed by atoms with Crippen LogP contribution >= 0.6 is 0 Å². The van der Waals surface area contributed by atoms with E-state index in [4.69, 9.17) is 10.3 Å². The Morgan fingerprint density at radius 1 is 0.793 bits per heavy atom. The van der Waals surface area contributed by atoms with Crippen molar-refractivity contribution >= 4 is 10.1 Å². The van der Waals surface area contributed by atoms with Gasteiger partial charge in [0.05, 0.1) is 0 Å². The van der Waals surface area contributed by atoms with Crippen molar-refractivity contribution < 1.29 is 61.3 Å². The summed E-state index contributed by atoms with van der Waals surface area (Å²) in [7, 11) is -7.17. The summed E-state index contributed by atoms with van der Waals surface area (Å²) in [5.74, 6) is -20.0. The van der Waals surface area contributed by atoms with Crippen LogP contribution in [0.3, 0.4) is 0 Å². The molecule has 0 spiro atoms. The average molecular weight is 477 g/mol.